The minimum Gasteiger partial charge on any atom is -0.480 e. The first-order valence-corrected chi connectivity index (χ1v) is 6.90. The van der Waals surface area contributed by atoms with Gasteiger partial charge in [0.15, 0.2) is 0 Å². The van der Waals surface area contributed by atoms with Crippen LogP contribution in [0.5, 0.6) is 0 Å². The van der Waals surface area contributed by atoms with Crippen molar-refractivity contribution in [1.29, 1.82) is 0 Å². The second-order valence-electron chi connectivity index (χ2n) is 4.45. The third kappa shape index (κ3) is 2.53. The molecule has 1 saturated heterocycles. The summed E-state index contributed by atoms with van der Waals surface area (Å²) < 4.78 is 0. The van der Waals surface area contributed by atoms with Crippen LogP contribution in [-0.2, 0) is 9.59 Å². The molecule has 2 atom stereocenters. The molecule has 1 aliphatic rings. The second kappa shape index (κ2) is 5.62. The molecular formula is C13H13BrN2O4. The van der Waals surface area contributed by atoms with Crippen LogP contribution in [0.2, 0.25) is 0 Å². The number of nitrogens with zero attached hydrogens (tertiary/aromatic N) is 2. The maximum Gasteiger partial charge on any atom is 0.332 e. The van der Waals surface area contributed by atoms with Gasteiger partial charge in [0.1, 0.15) is 11.4 Å². The highest BCUT2D eigenvalue weighted by Gasteiger charge is 2.44. The fourth-order valence-corrected chi connectivity index (χ4v) is 2.58. The third-order valence-corrected chi connectivity index (χ3v) is 4.25. The van der Waals surface area contributed by atoms with Crippen molar-refractivity contribution >= 4 is 39.5 Å². The molecular weight excluding hydrogens is 328 g/mol. The summed E-state index contributed by atoms with van der Waals surface area (Å²) in [6, 6.07) is 7.82. The van der Waals surface area contributed by atoms with E-state index in [9.17, 15) is 14.4 Å². The van der Waals surface area contributed by atoms with Gasteiger partial charge in [-0.05, 0) is 19.1 Å². The maximum absolute atomic E-state index is 12.4. The van der Waals surface area contributed by atoms with Gasteiger partial charge in [-0.2, -0.15) is 0 Å². The highest BCUT2D eigenvalue weighted by atomic mass is 79.9. The lowest BCUT2D eigenvalue weighted by Gasteiger charge is -2.40. The summed E-state index contributed by atoms with van der Waals surface area (Å²) in [6.07, 6.45) is 0. The summed E-state index contributed by atoms with van der Waals surface area (Å²) in [5.41, 5.74) is 0.623. The number of alkyl halides is 1. The van der Waals surface area contributed by atoms with Gasteiger partial charge < -0.3 is 5.11 Å². The van der Waals surface area contributed by atoms with Crippen LogP contribution >= 0.6 is 15.9 Å². The van der Waals surface area contributed by atoms with E-state index in [-0.39, 0.29) is 0 Å². The number of halogens is 1. The van der Waals surface area contributed by atoms with E-state index < -0.39 is 35.3 Å². The number of hydrogen-bond donors (Lipinski definition) is 1. The molecule has 1 fully saturated rings. The molecule has 0 radical (unpaired) electrons. The number of carboxylic acid groups (broad SMARTS) is 1. The van der Waals surface area contributed by atoms with Crippen LogP contribution in [0.1, 0.15) is 6.92 Å². The summed E-state index contributed by atoms with van der Waals surface area (Å²) in [5, 5.41) is 8.83. The first kappa shape index (κ1) is 14.5. The molecule has 6 nitrogen and oxygen atoms in total. The molecule has 0 bridgehead atoms. The quantitative estimate of drug-likeness (QED) is 0.849. The van der Waals surface area contributed by atoms with Crippen molar-refractivity contribution in [1.82, 2.24) is 4.90 Å². The number of hydrogen-bond acceptors (Lipinski definition) is 3. The molecule has 1 aliphatic heterocycles. The molecule has 0 saturated carbocycles. The molecule has 20 heavy (non-hydrogen) atoms. The van der Waals surface area contributed by atoms with E-state index >= 15 is 0 Å². The topological polar surface area (TPSA) is 77.9 Å². The van der Waals surface area contributed by atoms with Gasteiger partial charge in [-0.15, -0.1) is 0 Å². The number of carbonyl (C=O) groups is 3. The van der Waals surface area contributed by atoms with Crippen LogP contribution in [0.15, 0.2) is 30.3 Å². The number of anilines is 1. The standard InChI is InChI=1S/C13H13BrN2O4/c1-8-11(14)12(19)15(7-10(17)18)13(20)16(8)9-5-3-2-4-6-9/h2-6,8,11H,7H2,1H3,(H,17,18). The summed E-state index contributed by atoms with van der Waals surface area (Å²) in [4.78, 5) is 36.7. The zero-order chi connectivity index (χ0) is 14.9. The van der Waals surface area contributed by atoms with E-state index in [4.69, 9.17) is 5.11 Å². The molecule has 7 heteroatoms. The number of rotatable bonds is 3. The number of benzene rings is 1. The van der Waals surface area contributed by atoms with Gasteiger partial charge in [-0.3, -0.25) is 19.4 Å². The number of imide groups is 1. The Balaban J connectivity index is 2.38. The van der Waals surface area contributed by atoms with Crippen LogP contribution < -0.4 is 4.90 Å². The van der Waals surface area contributed by atoms with Gasteiger partial charge >= 0.3 is 12.0 Å². The molecule has 106 valence electrons. The van der Waals surface area contributed by atoms with Crippen molar-refractivity contribution in [2.75, 3.05) is 11.4 Å². The normalized spacial score (nSPS) is 23.1. The number of para-hydroxylation sites is 1. The van der Waals surface area contributed by atoms with Crippen molar-refractivity contribution in [3.8, 4) is 0 Å². The Labute approximate surface area is 124 Å². The molecule has 2 rings (SSSR count). The summed E-state index contributed by atoms with van der Waals surface area (Å²) in [6.45, 7) is 1.09. The molecule has 1 N–H and O–H groups in total. The molecule has 2 unspecified atom stereocenters. The first-order valence-electron chi connectivity index (χ1n) is 5.99. The molecule has 1 aromatic rings. The largest absolute Gasteiger partial charge is 0.480 e. The van der Waals surface area contributed by atoms with Crippen LogP contribution in [0.3, 0.4) is 0 Å². The van der Waals surface area contributed by atoms with E-state index in [0.29, 0.717) is 5.69 Å². The number of carboxylic acids is 1. The smallest absolute Gasteiger partial charge is 0.332 e. The van der Waals surface area contributed by atoms with Gasteiger partial charge in [0.25, 0.3) is 0 Å². The highest BCUT2D eigenvalue weighted by molar-refractivity contribution is 9.10. The van der Waals surface area contributed by atoms with Gasteiger partial charge in [0, 0.05) is 5.69 Å². The Bertz CT molecular complexity index is 549. The Hall–Kier alpha value is -1.89. The van der Waals surface area contributed by atoms with Crippen LogP contribution in [0, 0.1) is 0 Å². The molecule has 1 aromatic carbocycles. The second-order valence-corrected chi connectivity index (χ2v) is 5.44. The zero-order valence-electron chi connectivity index (χ0n) is 10.7. The predicted molar refractivity (Wildman–Crippen MR) is 75.8 cm³/mol. The van der Waals surface area contributed by atoms with Crippen molar-refractivity contribution in [2.45, 2.75) is 17.8 Å². The lowest BCUT2D eigenvalue weighted by atomic mass is 10.1. The van der Waals surface area contributed by atoms with Gasteiger partial charge in [-0.1, -0.05) is 34.1 Å². The number of carbonyl (C=O) groups excluding carboxylic acids is 2. The predicted octanol–water partition coefficient (Wildman–Crippen LogP) is 1.69. The minimum atomic E-state index is -1.23. The zero-order valence-corrected chi connectivity index (χ0v) is 12.3. The fourth-order valence-electron chi connectivity index (χ4n) is 2.10. The monoisotopic (exact) mass is 340 g/mol. The van der Waals surface area contributed by atoms with Gasteiger partial charge in [-0.25, -0.2) is 4.79 Å². The van der Waals surface area contributed by atoms with E-state index in [1.165, 1.54) is 4.90 Å². The fraction of sp³-hybridized carbons (Fsp3) is 0.308. The molecule has 0 aliphatic carbocycles. The summed E-state index contributed by atoms with van der Waals surface area (Å²) in [7, 11) is 0. The third-order valence-electron chi connectivity index (χ3n) is 3.10. The Kier molecular flexibility index (Phi) is 4.08. The van der Waals surface area contributed by atoms with Crippen LogP contribution in [0.25, 0.3) is 0 Å². The van der Waals surface area contributed by atoms with Gasteiger partial charge in [0.2, 0.25) is 5.91 Å². The lowest BCUT2D eigenvalue weighted by molar-refractivity contribution is -0.142. The Morgan fingerprint density at radius 1 is 1.30 bits per heavy atom. The minimum absolute atomic E-state index is 0.401. The Morgan fingerprint density at radius 2 is 1.90 bits per heavy atom. The maximum atomic E-state index is 12.4. The Morgan fingerprint density at radius 3 is 2.45 bits per heavy atom. The van der Waals surface area contributed by atoms with E-state index in [0.717, 1.165) is 4.90 Å². The first-order chi connectivity index (χ1) is 9.43. The molecule has 0 spiro atoms. The number of urea groups is 1. The van der Waals surface area contributed by atoms with Crippen LogP contribution in [0.4, 0.5) is 10.5 Å². The van der Waals surface area contributed by atoms with Gasteiger partial charge in [0.05, 0.1) is 6.04 Å². The summed E-state index contributed by atoms with van der Waals surface area (Å²) in [5.74, 6) is -1.76. The van der Waals surface area contributed by atoms with Crippen molar-refractivity contribution in [3.63, 3.8) is 0 Å². The van der Waals surface area contributed by atoms with E-state index in [1.807, 2.05) is 6.07 Å². The number of aliphatic carboxylic acids is 1. The van der Waals surface area contributed by atoms with Crippen molar-refractivity contribution in [3.05, 3.63) is 30.3 Å². The van der Waals surface area contributed by atoms with Crippen LogP contribution in [-0.4, -0.2) is 45.3 Å². The molecule has 3 amide bonds. The SMILES string of the molecule is CC1C(Br)C(=O)N(CC(=O)O)C(=O)N1c1ccccc1. The average Bonchev–Trinajstić information content (AvgIpc) is 2.42. The molecule has 0 aromatic heterocycles. The lowest BCUT2D eigenvalue weighted by Crippen LogP contribution is -2.62. The van der Waals surface area contributed by atoms with Crippen molar-refractivity contribution < 1.29 is 19.5 Å². The summed E-state index contributed by atoms with van der Waals surface area (Å²) >= 11 is 3.24. The molecule has 1 heterocycles. The van der Waals surface area contributed by atoms with E-state index in [2.05, 4.69) is 15.9 Å². The van der Waals surface area contributed by atoms with Crippen molar-refractivity contribution in [2.24, 2.45) is 0 Å². The highest BCUT2D eigenvalue weighted by Crippen LogP contribution is 2.28. The van der Waals surface area contributed by atoms with E-state index in [1.54, 1.807) is 31.2 Å². The average molecular weight is 341 g/mol. The number of amides is 3.